The van der Waals surface area contributed by atoms with E-state index in [0.29, 0.717) is 13.0 Å². The first-order valence-electron chi connectivity index (χ1n) is 7.49. The summed E-state index contributed by atoms with van der Waals surface area (Å²) in [6, 6.07) is 7.53. The monoisotopic (exact) mass is 314 g/mol. The average Bonchev–Trinajstić information content (AvgIpc) is 2.45. The molecule has 0 unspecified atom stereocenters. The average molecular weight is 315 g/mol. The molecule has 0 spiro atoms. The summed E-state index contributed by atoms with van der Waals surface area (Å²) in [5.41, 5.74) is 6.23. The highest BCUT2D eigenvalue weighted by atomic mass is 35.5. The molecule has 0 radical (unpaired) electrons. The number of carbonyl (C=O) groups is 1. The van der Waals surface area contributed by atoms with Gasteiger partial charge in [0, 0.05) is 18.2 Å². The Morgan fingerprint density at radius 1 is 1.24 bits per heavy atom. The molecule has 1 aromatic carbocycles. The number of rotatable bonds is 10. The van der Waals surface area contributed by atoms with Crippen LogP contribution in [0.15, 0.2) is 24.3 Å². The highest BCUT2D eigenvalue weighted by Gasteiger charge is 2.03. The van der Waals surface area contributed by atoms with Gasteiger partial charge in [-0.05, 0) is 37.9 Å². The minimum Gasteiger partial charge on any atom is -0.494 e. The number of hydrogen-bond donors (Lipinski definition) is 2. The normalized spacial score (nSPS) is 9.81. The maximum atomic E-state index is 11.8. The van der Waals surface area contributed by atoms with E-state index in [2.05, 4.69) is 12.2 Å². The molecule has 0 saturated carbocycles. The van der Waals surface area contributed by atoms with Gasteiger partial charge < -0.3 is 15.8 Å². The van der Waals surface area contributed by atoms with Crippen LogP contribution in [0.5, 0.6) is 5.75 Å². The number of anilines is 1. The summed E-state index contributed by atoms with van der Waals surface area (Å²) >= 11 is 0. The molecule has 21 heavy (non-hydrogen) atoms. The van der Waals surface area contributed by atoms with Crippen molar-refractivity contribution in [1.82, 2.24) is 0 Å². The number of amides is 1. The zero-order valence-electron chi connectivity index (χ0n) is 12.8. The Bertz CT molecular complexity index is 400. The van der Waals surface area contributed by atoms with Crippen molar-refractivity contribution in [3.05, 3.63) is 24.3 Å². The molecule has 0 aliphatic rings. The van der Waals surface area contributed by atoms with E-state index in [9.17, 15) is 4.79 Å². The molecule has 1 rings (SSSR count). The third kappa shape index (κ3) is 9.32. The molecular formula is C16H27ClN2O2. The standard InChI is InChI=1S/C16H26N2O2.ClH/c1-2-12-20-15-9-7-8-14(13-15)18-16(19)10-5-3-4-6-11-17;/h7-9,13H,2-6,10-12,17H2,1H3,(H,18,19);1H. The summed E-state index contributed by atoms with van der Waals surface area (Å²) in [4.78, 5) is 11.8. The van der Waals surface area contributed by atoms with Crippen LogP contribution in [-0.2, 0) is 4.79 Å². The van der Waals surface area contributed by atoms with E-state index in [0.717, 1.165) is 50.1 Å². The predicted octanol–water partition coefficient (Wildman–Crippen LogP) is 3.74. The summed E-state index contributed by atoms with van der Waals surface area (Å²) in [7, 11) is 0. The van der Waals surface area contributed by atoms with Crippen LogP contribution in [0.3, 0.4) is 0 Å². The Morgan fingerprint density at radius 3 is 2.71 bits per heavy atom. The largest absolute Gasteiger partial charge is 0.494 e. The first-order valence-corrected chi connectivity index (χ1v) is 7.49. The highest BCUT2D eigenvalue weighted by molar-refractivity contribution is 5.90. The lowest BCUT2D eigenvalue weighted by Gasteiger charge is -2.08. The third-order valence-corrected chi connectivity index (χ3v) is 2.95. The SMILES string of the molecule is CCCOc1cccc(NC(=O)CCCCCCN)c1.Cl. The van der Waals surface area contributed by atoms with Gasteiger partial charge in [-0.25, -0.2) is 0 Å². The van der Waals surface area contributed by atoms with Crippen LogP contribution in [-0.4, -0.2) is 19.1 Å². The highest BCUT2D eigenvalue weighted by Crippen LogP contribution is 2.18. The number of unbranched alkanes of at least 4 members (excludes halogenated alkanes) is 3. The summed E-state index contributed by atoms with van der Waals surface area (Å²) < 4.78 is 5.54. The number of hydrogen-bond acceptors (Lipinski definition) is 3. The molecule has 0 saturated heterocycles. The van der Waals surface area contributed by atoms with E-state index in [1.54, 1.807) is 0 Å². The molecule has 0 heterocycles. The first-order chi connectivity index (χ1) is 9.76. The summed E-state index contributed by atoms with van der Waals surface area (Å²) in [5.74, 6) is 0.859. The van der Waals surface area contributed by atoms with Crippen LogP contribution < -0.4 is 15.8 Å². The molecule has 0 aliphatic heterocycles. The fraction of sp³-hybridized carbons (Fsp3) is 0.562. The van der Waals surface area contributed by atoms with Gasteiger partial charge in [-0.3, -0.25) is 4.79 Å². The van der Waals surface area contributed by atoms with Crippen LogP contribution in [0.2, 0.25) is 0 Å². The quantitative estimate of drug-likeness (QED) is 0.646. The summed E-state index contributed by atoms with van der Waals surface area (Å²) in [6.45, 7) is 3.49. The van der Waals surface area contributed by atoms with Crippen molar-refractivity contribution in [1.29, 1.82) is 0 Å². The Labute approximate surface area is 133 Å². The van der Waals surface area contributed by atoms with Gasteiger partial charge in [0.1, 0.15) is 5.75 Å². The van der Waals surface area contributed by atoms with Gasteiger partial charge in [0.2, 0.25) is 5.91 Å². The zero-order chi connectivity index (χ0) is 14.6. The Hall–Kier alpha value is -1.26. The molecule has 1 aromatic rings. The summed E-state index contributed by atoms with van der Waals surface area (Å²) in [5, 5.41) is 2.91. The molecular weight excluding hydrogens is 288 g/mol. The third-order valence-electron chi connectivity index (χ3n) is 2.95. The van der Waals surface area contributed by atoms with Crippen molar-refractivity contribution in [2.75, 3.05) is 18.5 Å². The second-order valence-electron chi connectivity index (χ2n) is 4.88. The van der Waals surface area contributed by atoms with Gasteiger partial charge in [0.05, 0.1) is 6.61 Å². The molecule has 1 amide bonds. The lowest BCUT2D eigenvalue weighted by Crippen LogP contribution is -2.11. The van der Waals surface area contributed by atoms with Crippen LogP contribution in [0.1, 0.15) is 45.4 Å². The molecule has 120 valence electrons. The van der Waals surface area contributed by atoms with E-state index in [4.69, 9.17) is 10.5 Å². The fourth-order valence-corrected chi connectivity index (χ4v) is 1.89. The number of carbonyl (C=O) groups excluding carboxylic acids is 1. The number of halogens is 1. The Balaban J connectivity index is 0.00000400. The smallest absolute Gasteiger partial charge is 0.224 e. The molecule has 5 heteroatoms. The number of nitrogens with two attached hydrogens (primary N) is 1. The lowest BCUT2D eigenvalue weighted by molar-refractivity contribution is -0.116. The lowest BCUT2D eigenvalue weighted by atomic mass is 10.1. The molecule has 3 N–H and O–H groups in total. The van der Waals surface area contributed by atoms with Crippen LogP contribution in [0.25, 0.3) is 0 Å². The molecule has 0 aliphatic carbocycles. The van der Waals surface area contributed by atoms with Crippen LogP contribution >= 0.6 is 12.4 Å². The fourth-order valence-electron chi connectivity index (χ4n) is 1.89. The van der Waals surface area contributed by atoms with Gasteiger partial charge in [-0.1, -0.05) is 25.8 Å². The van der Waals surface area contributed by atoms with Crippen molar-refractivity contribution < 1.29 is 9.53 Å². The number of benzene rings is 1. The minimum absolute atomic E-state index is 0. The van der Waals surface area contributed by atoms with Gasteiger partial charge in [-0.15, -0.1) is 12.4 Å². The zero-order valence-corrected chi connectivity index (χ0v) is 13.6. The maximum absolute atomic E-state index is 11.8. The Kier molecular flexibility index (Phi) is 11.7. The van der Waals surface area contributed by atoms with Crippen LogP contribution in [0.4, 0.5) is 5.69 Å². The Morgan fingerprint density at radius 2 is 2.00 bits per heavy atom. The molecule has 0 atom stereocenters. The van der Waals surface area contributed by atoms with Gasteiger partial charge >= 0.3 is 0 Å². The van der Waals surface area contributed by atoms with Crippen molar-refractivity contribution in [2.45, 2.75) is 45.4 Å². The molecule has 4 nitrogen and oxygen atoms in total. The molecule has 0 aromatic heterocycles. The van der Waals surface area contributed by atoms with Crippen molar-refractivity contribution in [2.24, 2.45) is 5.73 Å². The topological polar surface area (TPSA) is 64.3 Å². The van der Waals surface area contributed by atoms with Gasteiger partial charge in [-0.2, -0.15) is 0 Å². The molecule has 0 fully saturated rings. The number of ether oxygens (including phenoxy) is 1. The second-order valence-corrected chi connectivity index (χ2v) is 4.88. The van der Waals surface area contributed by atoms with Crippen molar-refractivity contribution >= 4 is 24.0 Å². The van der Waals surface area contributed by atoms with Gasteiger partial charge in [0.15, 0.2) is 0 Å². The van der Waals surface area contributed by atoms with E-state index in [1.165, 1.54) is 0 Å². The van der Waals surface area contributed by atoms with Gasteiger partial charge in [0.25, 0.3) is 0 Å². The predicted molar refractivity (Wildman–Crippen MR) is 90.2 cm³/mol. The van der Waals surface area contributed by atoms with E-state index in [-0.39, 0.29) is 18.3 Å². The maximum Gasteiger partial charge on any atom is 0.224 e. The first kappa shape index (κ1) is 19.7. The molecule has 0 bridgehead atoms. The van der Waals surface area contributed by atoms with E-state index < -0.39 is 0 Å². The van der Waals surface area contributed by atoms with E-state index in [1.807, 2.05) is 24.3 Å². The number of nitrogens with one attached hydrogen (secondary N) is 1. The second kappa shape index (κ2) is 12.5. The minimum atomic E-state index is 0. The van der Waals surface area contributed by atoms with Crippen LogP contribution in [0, 0.1) is 0 Å². The van der Waals surface area contributed by atoms with Crippen molar-refractivity contribution in [3.63, 3.8) is 0 Å². The summed E-state index contributed by atoms with van der Waals surface area (Å²) in [6.07, 6.45) is 5.65. The van der Waals surface area contributed by atoms with E-state index >= 15 is 0 Å². The van der Waals surface area contributed by atoms with Crippen molar-refractivity contribution in [3.8, 4) is 5.75 Å².